The summed E-state index contributed by atoms with van der Waals surface area (Å²) < 4.78 is 5.44. The van der Waals surface area contributed by atoms with Gasteiger partial charge in [-0.1, -0.05) is 6.92 Å². The van der Waals surface area contributed by atoms with E-state index in [4.69, 9.17) is 4.74 Å². The van der Waals surface area contributed by atoms with Crippen LogP contribution in [-0.2, 0) is 4.74 Å². The first-order chi connectivity index (χ1) is 7.79. The quantitative estimate of drug-likeness (QED) is 0.739. The monoisotopic (exact) mass is 228 g/mol. The first-order valence-electron chi connectivity index (χ1n) is 6.50. The Kier molecular flexibility index (Phi) is 4.58. The molecule has 2 aliphatic heterocycles. The van der Waals surface area contributed by atoms with Gasteiger partial charge in [0.1, 0.15) is 0 Å². The molecule has 94 valence electrons. The highest BCUT2D eigenvalue weighted by Gasteiger charge is 2.27. The van der Waals surface area contributed by atoms with Crippen molar-refractivity contribution in [3.63, 3.8) is 0 Å². The van der Waals surface area contributed by atoms with Gasteiger partial charge in [0.05, 0.1) is 12.7 Å². The maximum absolute atomic E-state index is 9.88. The molecule has 0 radical (unpaired) electrons. The van der Waals surface area contributed by atoms with E-state index in [0.29, 0.717) is 5.92 Å². The number of rotatable bonds is 3. The van der Waals surface area contributed by atoms with Crippen molar-refractivity contribution in [2.24, 2.45) is 5.92 Å². The van der Waals surface area contributed by atoms with Crippen molar-refractivity contribution in [3.05, 3.63) is 0 Å². The molecule has 0 aromatic rings. The van der Waals surface area contributed by atoms with Crippen LogP contribution in [0.3, 0.4) is 0 Å². The van der Waals surface area contributed by atoms with Gasteiger partial charge in [0.25, 0.3) is 0 Å². The lowest BCUT2D eigenvalue weighted by atomic mass is 9.98. The normalized spacial score (nSPS) is 34.1. The molecule has 1 N–H and O–H groups in total. The topological polar surface area (TPSA) is 35.9 Å². The molecule has 2 rings (SSSR count). The van der Waals surface area contributed by atoms with Gasteiger partial charge in [0.2, 0.25) is 0 Å². The molecule has 2 fully saturated rings. The Labute approximate surface area is 98.2 Å². The first-order valence-corrected chi connectivity index (χ1v) is 6.50. The highest BCUT2D eigenvalue weighted by molar-refractivity contribution is 4.79. The van der Waals surface area contributed by atoms with Crippen LogP contribution in [-0.4, -0.2) is 73.5 Å². The fourth-order valence-corrected chi connectivity index (χ4v) is 2.58. The predicted octanol–water partition coefficient (Wildman–Crippen LogP) is 0.0213. The molecular formula is C12H24N2O2. The number of nitrogens with zero attached hydrogens (tertiary/aromatic N) is 2. The summed E-state index contributed by atoms with van der Waals surface area (Å²) in [5.41, 5.74) is 0. The Bertz CT molecular complexity index is 205. The molecule has 2 aliphatic rings. The summed E-state index contributed by atoms with van der Waals surface area (Å²) >= 11 is 0. The molecule has 0 bridgehead atoms. The number of ether oxygens (including phenoxy) is 1. The van der Waals surface area contributed by atoms with Crippen LogP contribution in [0.1, 0.15) is 13.3 Å². The summed E-state index contributed by atoms with van der Waals surface area (Å²) in [5, 5.41) is 9.88. The fourth-order valence-electron chi connectivity index (χ4n) is 2.58. The molecular weight excluding hydrogens is 204 g/mol. The minimum atomic E-state index is -0.155. The van der Waals surface area contributed by atoms with E-state index in [9.17, 15) is 5.11 Å². The third-order valence-corrected chi connectivity index (χ3v) is 3.84. The highest BCUT2D eigenvalue weighted by atomic mass is 16.5. The molecule has 0 spiro atoms. The Hall–Kier alpha value is -0.160. The summed E-state index contributed by atoms with van der Waals surface area (Å²) in [7, 11) is 0. The third-order valence-electron chi connectivity index (χ3n) is 3.84. The minimum Gasteiger partial charge on any atom is -0.393 e. The molecule has 2 unspecified atom stereocenters. The van der Waals surface area contributed by atoms with Crippen LogP contribution < -0.4 is 0 Å². The van der Waals surface area contributed by atoms with E-state index in [1.165, 1.54) is 13.1 Å². The van der Waals surface area contributed by atoms with Crippen molar-refractivity contribution in [3.8, 4) is 0 Å². The lowest BCUT2D eigenvalue weighted by Gasteiger charge is -2.38. The molecule has 0 amide bonds. The van der Waals surface area contributed by atoms with Crippen molar-refractivity contribution < 1.29 is 9.84 Å². The van der Waals surface area contributed by atoms with Crippen molar-refractivity contribution >= 4 is 0 Å². The van der Waals surface area contributed by atoms with Crippen LogP contribution in [0.25, 0.3) is 0 Å². The van der Waals surface area contributed by atoms with Gasteiger partial charge < -0.3 is 19.6 Å². The van der Waals surface area contributed by atoms with Gasteiger partial charge in [0.15, 0.2) is 0 Å². The second kappa shape index (κ2) is 5.96. The molecule has 4 heteroatoms. The second-order valence-corrected chi connectivity index (χ2v) is 4.93. The molecule has 2 saturated heterocycles. The molecule has 16 heavy (non-hydrogen) atoms. The number of hydrogen-bond donors (Lipinski definition) is 1. The number of aliphatic hydroxyl groups excluding tert-OH is 1. The van der Waals surface area contributed by atoms with Crippen LogP contribution in [0.2, 0.25) is 0 Å². The smallest absolute Gasteiger partial charge is 0.0624 e. The highest BCUT2D eigenvalue weighted by Crippen LogP contribution is 2.16. The molecule has 0 aromatic heterocycles. The summed E-state index contributed by atoms with van der Waals surface area (Å²) in [6, 6.07) is 0. The Morgan fingerprint density at radius 3 is 2.50 bits per heavy atom. The zero-order chi connectivity index (χ0) is 11.4. The van der Waals surface area contributed by atoms with E-state index in [1.807, 2.05) is 0 Å². The lowest BCUT2D eigenvalue weighted by molar-refractivity contribution is -0.0501. The molecule has 2 atom stereocenters. The summed E-state index contributed by atoms with van der Waals surface area (Å²) in [4.78, 5) is 4.94. The number of aliphatic hydroxyl groups is 1. The van der Waals surface area contributed by atoms with E-state index in [-0.39, 0.29) is 6.10 Å². The average molecular weight is 228 g/mol. The SMILES string of the molecule is CCN1CCN(CC2COCCC2O)CC1. The number of piperazine rings is 1. The zero-order valence-corrected chi connectivity index (χ0v) is 10.3. The Morgan fingerprint density at radius 2 is 1.88 bits per heavy atom. The number of hydrogen-bond acceptors (Lipinski definition) is 4. The van der Waals surface area contributed by atoms with Crippen LogP contribution in [0, 0.1) is 5.92 Å². The van der Waals surface area contributed by atoms with Crippen molar-refractivity contribution in [1.29, 1.82) is 0 Å². The minimum absolute atomic E-state index is 0.155. The van der Waals surface area contributed by atoms with Crippen LogP contribution in [0.5, 0.6) is 0 Å². The number of likely N-dealkylation sites (N-methyl/N-ethyl adjacent to an activating group) is 1. The van der Waals surface area contributed by atoms with Crippen LogP contribution in [0.4, 0.5) is 0 Å². The van der Waals surface area contributed by atoms with E-state index < -0.39 is 0 Å². The van der Waals surface area contributed by atoms with Crippen molar-refractivity contribution in [1.82, 2.24) is 9.80 Å². The maximum Gasteiger partial charge on any atom is 0.0624 e. The van der Waals surface area contributed by atoms with Crippen LogP contribution in [0.15, 0.2) is 0 Å². The summed E-state index contributed by atoms with van der Waals surface area (Å²) in [6.45, 7) is 10.4. The first kappa shape index (κ1) is 12.3. The van der Waals surface area contributed by atoms with Gasteiger partial charge in [-0.15, -0.1) is 0 Å². The average Bonchev–Trinajstić information content (AvgIpc) is 2.33. The largest absolute Gasteiger partial charge is 0.393 e. The van der Waals surface area contributed by atoms with Crippen molar-refractivity contribution in [2.45, 2.75) is 19.4 Å². The van der Waals surface area contributed by atoms with E-state index in [0.717, 1.165) is 45.8 Å². The lowest BCUT2D eigenvalue weighted by Crippen LogP contribution is -2.50. The zero-order valence-electron chi connectivity index (χ0n) is 10.3. The molecule has 2 heterocycles. The summed E-state index contributed by atoms with van der Waals surface area (Å²) in [6.07, 6.45) is 0.650. The van der Waals surface area contributed by atoms with E-state index >= 15 is 0 Å². The van der Waals surface area contributed by atoms with Gasteiger partial charge in [-0.05, 0) is 13.0 Å². The standard InChI is InChI=1S/C12H24N2O2/c1-2-13-4-6-14(7-5-13)9-11-10-16-8-3-12(11)15/h11-12,15H,2-10H2,1H3. The van der Waals surface area contributed by atoms with Crippen LogP contribution >= 0.6 is 0 Å². The Morgan fingerprint density at radius 1 is 1.19 bits per heavy atom. The predicted molar refractivity (Wildman–Crippen MR) is 63.5 cm³/mol. The molecule has 0 aromatic carbocycles. The van der Waals surface area contributed by atoms with Gasteiger partial charge in [-0.3, -0.25) is 0 Å². The van der Waals surface area contributed by atoms with Gasteiger partial charge >= 0.3 is 0 Å². The van der Waals surface area contributed by atoms with Gasteiger partial charge in [-0.2, -0.15) is 0 Å². The van der Waals surface area contributed by atoms with E-state index in [1.54, 1.807) is 0 Å². The van der Waals surface area contributed by atoms with Crippen molar-refractivity contribution in [2.75, 3.05) is 52.5 Å². The second-order valence-electron chi connectivity index (χ2n) is 4.93. The molecule has 4 nitrogen and oxygen atoms in total. The summed E-state index contributed by atoms with van der Waals surface area (Å²) in [5.74, 6) is 0.321. The molecule has 0 saturated carbocycles. The maximum atomic E-state index is 9.88. The third kappa shape index (κ3) is 3.17. The van der Waals surface area contributed by atoms with Gasteiger partial charge in [0, 0.05) is 45.2 Å². The van der Waals surface area contributed by atoms with Gasteiger partial charge in [-0.25, -0.2) is 0 Å². The fraction of sp³-hybridized carbons (Fsp3) is 1.00. The van der Waals surface area contributed by atoms with E-state index in [2.05, 4.69) is 16.7 Å². The Balaban J connectivity index is 1.73. The molecule has 0 aliphatic carbocycles.